The van der Waals surface area contributed by atoms with Gasteiger partial charge in [-0.15, -0.1) is 0 Å². The zero-order chi connectivity index (χ0) is 14.4. The molecule has 0 aromatic carbocycles. The maximum Gasteiger partial charge on any atom is 0.157 e. The van der Waals surface area contributed by atoms with Crippen molar-refractivity contribution < 1.29 is 14.6 Å². The predicted octanol–water partition coefficient (Wildman–Crippen LogP) is 3.66. The van der Waals surface area contributed by atoms with Crippen LogP contribution in [0.2, 0.25) is 0 Å². The third kappa shape index (κ3) is 3.63. The van der Waals surface area contributed by atoms with E-state index >= 15 is 0 Å². The highest BCUT2D eigenvalue weighted by Gasteiger charge is 2.56. The SMILES string of the molecule is C=C1[C@H](CO)[C@]1(CCCCCC)CCC1OCCCO1. The molecular weight excluding hydrogens is 252 g/mol. The van der Waals surface area contributed by atoms with E-state index in [1.165, 1.54) is 37.7 Å². The molecule has 2 atom stereocenters. The van der Waals surface area contributed by atoms with Crippen LogP contribution in [0.5, 0.6) is 0 Å². The lowest BCUT2D eigenvalue weighted by Gasteiger charge is -2.25. The van der Waals surface area contributed by atoms with Crippen LogP contribution < -0.4 is 0 Å². The molecule has 1 aliphatic heterocycles. The average Bonchev–Trinajstić information content (AvgIpc) is 3.06. The van der Waals surface area contributed by atoms with E-state index in [0.29, 0.717) is 5.92 Å². The van der Waals surface area contributed by atoms with Crippen molar-refractivity contribution in [2.75, 3.05) is 19.8 Å². The first-order chi connectivity index (χ1) is 9.74. The van der Waals surface area contributed by atoms with Crippen LogP contribution >= 0.6 is 0 Å². The minimum absolute atomic E-state index is 0.0380. The Kier molecular flexibility index (Phi) is 6.06. The van der Waals surface area contributed by atoms with Crippen LogP contribution in [0.25, 0.3) is 0 Å². The quantitative estimate of drug-likeness (QED) is 0.518. The molecule has 0 aromatic rings. The summed E-state index contributed by atoms with van der Waals surface area (Å²) in [5.41, 5.74) is 1.43. The molecule has 2 fully saturated rings. The van der Waals surface area contributed by atoms with Gasteiger partial charge in [-0.05, 0) is 25.7 Å². The number of rotatable bonds is 9. The minimum atomic E-state index is -0.0380. The van der Waals surface area contributed by atoms with Crippen molar-refractivity contribution in [2.45, 2.75) is 64.6 Å². The van der Waals surface area contributed by atoms with Gasteiger partial charge in [0.1, 0.15) is 0 Å². The lowest BCUT2D eigenvalue weighted by molar-refractivity contribution is -0.183. The van der Waals surface area contributed by atoms with Crippen LogP contribution in [0.4, 0.5) is 0 Å². The second-order valence-electron chi connectivity index (χ2n) is 6.29. The minimum Gasteiger partial charge on any atom is -0.396 e. The zero-order valence-corrected chi connectivity index (χ0v) is 12.9. The fraction of sp³-hybridized carbons (Fsp3) is 0.882. The highest BCUT2D eigenvalue weighted by molar-refractivity contribution is 5.35. The van der Waals surface area contributed by atoms with Crippen LogP contribution in [0.3, 0.4) is 0 Å². The molecule has 0 amide bonds. The van der Waals surface area contributed by atoms with Crippen LogP contribution in [-0.2, 0) is 9.47 Å². The van der Waals surface area contributed by atoms with Gasteiger partial charge in [-0.25, -0.2) is 0 Å². The zero-order valence-electron chi connectivity index (χ0n) is 12.9. The molecule has 1 aliphatic carbocycles. The van der Waals surface area contributed by atoms with Crippen LogP contribution in [0, 0.1) is 11.3 Å². The second-order valence-corrected chi connectivity index (χ2v) is 6.29. The van der Waals surface area contributed by atoms with Crippen molar-refractivity contribution in [3.63, 3.8) is 0 Å². The van der Waals surface area contributed by atoms with E-state index in [-0.39, 0.29) is 18.3 Å². The standard InChI is InChI=1S/C17H30O3/c1-3-4-5-6-9-17(14(2)15(17)13-18)10-8-16-19-11-7-12-20-16/h15-16,18H,2-13H2,1H3/t15-,17+/m0/s1. The Hall–Kier alpha value is -0.380. The molecule has 0 spiro atoms. The molecule has 3 nitrogen and oxygen atoms in total. The molecule has 116 valence electrons. The van der Waals surface area contributed by atoms with Gasteiger partial charge in [0.15, 0.2) is 6.29 Å². The molecule has 0 aromatic heterocycles. The van der Waals surface area contributed by atoms with Gasteiger partial charge < -0.3 is 14.6 Å². The van der Waals surface area contributed by atoms with Gasteiger partial charge in [0.25, 0.3) is 0 Å². The monoisotopic (exact) mass is 282 g/mol. The van der Waals surface area contributed by atoms with E-state index in [0.717, 1.165) is 32.5 Å². The van der Waals surface area contributed by atoms with E-state index in [1.807, 2.05) is 0 Å². The molecule has 1 heterocycles. The highest BCUT2D eigenvalue weighted by atomic mass is 16.7. The van der Waals surface area contributed by atoms with Crippen molar-refractivity contribution in [1.82, 2.24) is 0 Å². The van der Waals surface area contributed by atoms with E-state index in [2.05, 4.69) is 13.5 Å². The highest BCUT2D eigenvalue weighted by Crippen LogP contribution is 2.63. The molecule has 2 rings (SSSR count). The van der Waals surface area contributed by atoms with Crippen molar-refractivity contribution in [3.05, 3.63) is 12.2 Å². The Labute approximate surface area is 123 Å². The summed E-state index contributed by atoms with van der Waals surface area (Å²) in [6.07, 6.45) is 9.23. The molecule has 1 saturated carbocycles. The van der Waals surface area contributed by atoms with Crippen molar-refractivity contribution >= 4 is 0 Å². The summed E-state index contributed by atoms with van der Waals surface area (Å²) in [7, 11) is 0. The number of ether oxygens (including phenoxy) is 2. The van der Waals surface area contributed by atoms with E-state index < -0.39 is 0 Å². The number of unbranched alkanes of at least 4 members (excludes halogenated alkanes) is 3. The predicted molar refractivity (Wildman–Crippen MR) is 80.5 cm³/mol. The summed E-state index contributed by atoms with van der Waals surface area (Å²) in [6.45, 7) is 8.31. The third-order valence-corrected chi connectivity index (χ3v) is 5.03. The molecule has 0 unspecified atom stereocenters. The second kappa shape index (κ2) is 7.58. The fourth-order valence-electron chi connectivity index (χ4n) is 3.60. The van der Waals surface area contributed by atoms with Crippen molar-refractivity contribution in [3.8, 4) is 0 Å². The first kappa shape index (κ1) is 16.0. The Balaban J connectivity index is 1.79. The van der Waals surface area contributed by atoms with Gasteiger partial charge in [0, 0.05) is 11.3 Å². The van der Waals surface area contributed by atoms with E-state index in [1.54, 1.807) is 0 Å². The van der Waals surface area contributed by atoms with Crippen LogP contribution in [0.1, 0.15) is 58.3 Å². The van der Waals surface area contributed by atoms with Gasteiger partial charge in [0.2, 0.25) is 0 Å². The first-order valence-corrected chi connectivity index (χ1v) is 8.28. The molecule has 1 N–H and O–H groups in total. The van der Waals surface area contributed by atoms with Gasteiger partial charge in [-0.2, -0.15) is 0 Å². The number of aliphatic hydroxyl groups is 1. The van der Waals surface area contributed by atoms with Gasteiger partial charge in [-0.1, -0.05) is 44.8 Å². The summed E-state index contributed by atoms with van der Waals surface area (Å²) in [4.78, 5) is 0. The van der Waals surface area contributed by atoms with E-state index in [9.17, 15) is 5.11 Å². The maximum atomic E-state index is 9.53. The average molecular weight is 282 g/mol. The van der Waals surface area contributed by atoms with Crippen LogP contribution in [-0.4, -0.2) is 31.2 Å². The lowest BCUT2D eigenvalue weighted by atomic mass is 9.89. The molecule has 0 bridgehead atoms. The topological polar surface area (TPSA) is 38.7 Å². The van der Waals surface area contributed by atoms with Gasteiger partial charge in [-0.3, -0.25) is 0 Å². The Morgan fingerprint density at radius 3 is 2.55 bits per heavy atom. The largest absolute Gasteiger partial charge is 0.396 e. The summed E-state index contributed by atoms with van der Waals surface area (Å²) in [6, 6.07) is 0. The Morgan fingerprint density at radius 1 is 1.20 bits per heavy atom. The molecular formula is C17H30O3. The molecule has 20 heavy (non-hydrogen) atoms. The van der Waals surface area contributed by atoms with Gasteiger partial charge in [0.05, 0.1) is 19.8 Å². The van der Waals surface area contributed by atoms with Crippen LogP contribution in [0.15, 0.2) is 12.2 Å². The number of hydrogen-bond acceptors (Lipinski definition) is 3. The lowest BCUT2D eigenvalue weighted by Crippen LogP contribution is -2.26. The normalized spacial score (nSPS) is 30.7. The van der Waals surface area contributed by atoms with E-state index in [4.69, 9.17) is 9.47 Å². The summed E-state index contributed by atoms with van der Waals surface area (Å²) in [5, 5.41) is 9.53. The molecule has 0 radical (unpaired) electrons. The third-order valence-electron chi connectivity index (χ3n) is 5.03. The van der Waals surface area contributed by atoms with Crippen molar-refractivity contribution in [2.24, 2.45) is 11.3 Å². The fourth-order valence-corrected chi connectivity index (χ4v) is 3.60. The Bertz CT molecular complexity index is 309. The summed E-state index contributed by atoms with van der Waals surface area (Å²) >= 11 is 0. The summed E-state index contributed by atoms with van der Waals surface area (Å²) in [5.74, 6) is 0.313. The molecule has 3 heteroatoms. The Morgan fingerprint density at radius 2 is 1.95 bits per heavy atom. The number of aliphatic hydroxyl groups excluding tert-OH is 1. The smallest absolute Gasteiger partial charge is 0.157 e. The van der Waals surface area contributed by atoms with Crippen molar-refractivity contribution in [1.29, 1.82) is 0 Å². The van der Waals surface area contributed by atoms with Gasteiger partial charge >= 0.3 is 0 Å². The first-order valence-electron chi connectivity index (χ1n) is 8.28. The number of hydrogen-bond donors (Lipinski definition) is 1. The maximum absolute atomic E-state index is 9.53. The summed E-state index contributed by atoms with van der Waals surface area (Å²) < 4.78 is 11.3. The molecule has 1 saturated heterocycles. The molecule has 2 aliphatic rings.